The van der Waals surface area contributed by atoms with Crippen LogP contribution in [0.15, 0.2) is 91.0 Å². The van der Waals surface area contributed by atoms with Gasteiger partial charge in [-0.25, -0.2) is 9.78 Å². The monoisotopic (exact) mass is 533 g/mol. The van der Waals surface area contributed by atoms with E-state index in [2.05, 4.69) is 22.3 Å². The first-order valence-corrected chi connectivity index (χ1v) is 13.7. The highest BCUT2D eigenvalue weighted by molar-refractivity contribution is 7.17. The number of hydrogen-bond donors (Lipinski definition) is 1. The van der Waals surface area contributed by atoms with Crippen LogP contribution in [0.1, 0.15) is 36.7 Å². The highest BCUT2D eigenvalue weighted by Crippen LogP contribution is 2.38. The number of esters is 1. The highest BCUT2D eigenvalue weighted by Gasteiger charge is 2.30. The van der Waals surface area contributed by atoms with E-state index in [4.69, 9.17) is 9.72 Å². The van der Waals surface area contributed by atoms with Gasteiger partial charge in [0.2, 0.25) is 0 Å². The number of nitrogens with zero attached hydrogens (tertiary/aromatic N) is 2. The zero-order valence-electron chi connectivity index (χ0n) is 21.5. The Kier molecular flexibility index (Phi) is 6.92. The summed E-state index contributed by atoms with van der Waals surface area (Å²) in [4.78, 5) is 35.0. The molecule has 0 saturated carbocycles. The number of fused-ring (bicyclic) bond motifs is 2. The van der Waals surface area contributed by atoms with E-state index < -0.39 is 5.97 Å². The zero-order chi connectivity index (χ0) is 26.8. The second-order valence-corrected chi connectivity index (χ2v) is 10.6. The van der Waals surface area contributed by atoms with Crippen LogP contribution in [-0.2, 0) is 24.2 Å². The smallest absolute Gasteiger partial charge is 0.341 e. The molecule has 1 N–H and O–H groups in total. The topological polar surface area (TPSA) is 71.5 Å². The van der Waals surface area contributed by atoms with Crippen LogP contribution in [0.25, 0.3) is 22.2 Å². The fourth-order valence-corrected chi connectivity index (χ4v) is 6.40. The lowest BCUT2D eigenvalue weighted by Gasteiger charge is -2.27. The predicted molar refractivity (Wildman–Crippen MR) is 155 cm³/mol. The summed E-state index contributed by atoms with van der Waals surface area (Å²) in [6, 6.07) is 29.6. The van der Waals surface area contributed by atoms with E-state index in [1.165, 1.54) is 24.0 Å². The number of rotatable bonds is 6. The van der Waals surface area contributed by atoms with Crippen LogP contribution < -0.4 is 5.32 Å². The summed E-state index contributed by atoms with van der Waals surface area (Å²) in [5.74, 6) is -0.709. The van der Waals surface area contributed by atoms with Crippen LogP contribution in [0.4, 0.5) is 5.00 Å². The highest BCUT2D eigenvalue weighted by atomic mass is 32.1. The van der Waals surface area contributed by atoms with E-state index >= 15 is 0 Å². The number of thiophene rings is 1. The number of methoxy groups -OCH3 is 1. The minimum Gasteiger partial charge on any atom is -0.465 e. The summed E-state index contributed by atoms with van der Waals surface area (Å²) < 4.78 is 5.15. The molecular formula is C32H27N3O3S. The van der Waals surface area contributed by atoms with Gasteiger partial charge in [0, 0.05) is 35.5 Å². The van der Waals surface area contributed by atoms with E-state index in [1.807, 2.05) is 78.9 Å². The molecule has 194 valence electrons. The van der Waals surface area contributed by atoms with Gasteiger partial charge < -0.3 is 10.1 Å². The van der Waals surface area contributed by atoms with Crippen molar-refractivity contribution in [3.63, 3.8) is 0 Å². The minimum atomic E-state index is -0.427. The van der Waals surface area contributed by atoms with Crippen LogP contribution in [0.2, 0.25) is 0 Å². The Morgan fingerprint density at radius 1 is 0.974 bits per heavy atom. The van der Waals surface area contributed by atoms with E-state index in [0.717, 1.165) is 52.1 Å². The maximum Gasteiger partial charge on any atom is 0.341 e. The van der Waals surface area contributed by atoms with Crippen molar-refractivity contribution < 1.29 is 14.3 Å². The average molecular weight is 534 g/mol. The van der Waals surface area contributed by atoms with Crippen molar-refractivity contribution in [2.24, 2.45) is 0 Å². The number of pyridine rings is 1. The van der Waals surface area contributed by atoms with Crippen LogP contribution >= 0.6 is 11.3 Å². The van der Waals surface area contributed by atoms with E-state index in [1.54, 1.807) is 0 Å². The van der Waals surface area contributed by atoms with E-state index in [9.17, 15) is 9.59 Å². The number of hydrogen-bond acceptors (Lipinski definition) is 6. The molecule has 39 heavy (non-hydrogen) atoms. The van der Waals surface area contributed by atoms with E-state index in [0.29, 0.717) is 22.7 Å². The van der Waals surface area contributed by atoms with Gasteiger partial charge in [-0.1, -0.05) is 78.9 Å². The lowest BCUT2D eigenvalue weighted by molar-refractivity contribution is 0.0600. The summed E-state index contributed by atoms with van der Waals surface area (Å²) in [5, 5.41) is 4.35. The maximum absolute atomic E-state index is 13.8. The molecule has 2 aromatic heterocycles. The first kappa shape index (κ1) is 25.0. The molecule has 7 heteroatoms. The lowest BCUT2D eigenvalue weighted by atomic mass is 10.0. The fourth-order valence-electron chi connectivity index (χ4n) is 5.13. The SMILES string of the molecule is COC(=O)c1c(NC(=O)c2cc(-c3ccccc3)nc3ccccc23)sc2c1CCN(Cc1ccccc1)C2. The molecule has 3 heterocycles. The number of benzene rings is 3. The molecule has 1 amide bonds. The summed E-state index contributed by atoms with van der Waals surface area (Å²) in [6.07, 6.45) is 0.718. The number of aromatic nitrogens is 1. The number of carbonyl (C=O) groups excluding carboxylic acids is 2. The third-order valence-electron chi connectivity index (χ3n) is 7.03. The summed E-state index contributed by atoms with van der Waals surface area (Å²) in [5.41, 5.74) is 5.57. The van der Waals surface area contributed by atoms with Gasteiger partial charge in [0.1, 0.15) is 5.00 Å². The second kappa shape index (κ2) is 10.8. The largest absolute Gasteiger partial charge is 0.465 e. The van der Waals surface area contributed by atoms with Crippen molar-refractivity contribution in [1.82, 2.24) is 9.88 Å². The molecule has 3 aromatic carbocycles. The van der Waals surface area contributed by atoms with Gasteiger partial charge in [0.15, 0.2) is 0 Å². The van der Waals surface area contributed by atoms with Crippen molar-refractivity contribution in [1.29, 1.82) is 0 Å². The molecule has 0 unspecified atom stereocenters. The van der Waals surface area contributed by atoms with Crippen LogP contribution in [0, 0.1) is 0 Å². The van der Waals surface area contributed by atoms with Crippen LogP contribution in [-0.4, -0.2) is 35.4 Å². The first-order valence-electron chi connectivity index (χ1n) is 12.9. The zero-order valence-corrected chi connectivity index (χ0v) is 22.3. The third-order valence-corrected chi connectivity index (χ3v) is 8.16. The van der Waals surface area contributed by atoms with Gasteiger partial charge in [0.25, 0.3) is 5.91 Å². The lowest BCUT2D eigenvalue weighted by Crippen LogP contribution is -2.29. The molecular weight excluding hydrogens is 506 g/mol. The van der Waals surface area contributed by atoms with Crippen molar-refractivity contribution in [2.75, 3.05) is 19.0 Å². The minimum absolute atomic E-state index is 0.282. The Balaban J connectivity index is 1.34. The van der Waals surface area contributed by atoms with Crippen molar-refractivity contribution in [3.8, 4) is 11.3 Å². The standard InChI is InChI=1S/C32H27N3O3S/c1-38-32(37)29-24-16-17-35(19-21-10-4-2-5-11-21)20-28(24)39-31(29)34-30(36)25-18-27(22-12-6-3-7-13-22)33-26-15-9-8-14-23(25)26/h2-15,18H,16-17,19-20H2,1H3,(H,34,36). The van der Waals surface area contributed by atoms with Gasteiger partial charge in [0.05, 0.1) is 29.4 Å². The average Bonchev–Trinajstić information content (AvgIpc) is 3.34. The van der Waals surface area contributed by atoms with Gasteiger partial charge in [-0.05, 0) is 29.7 Å². The number of anilines is 1. The molecule has 0 spiro atoms. The summed E-state index contributed by atoms with van der Waals surface area (Å²) >= 11 is 1.46. The Bertz CT molecular complexity index is 1660. The molecule has 5 aromatic rings. The Hall–Kier alpha value is -4.33. The normalized spacial score (nSPS) is 13.2. The van der Waals surface area contributed by atoms with E-state index in [-0.39, 0.29) is 5.91 Å². The summed E-state index contributed by atoms with van der Waals surface area (Å²) in [7, 11) is 1.38. The molecule has 1 aliphatic heterocycles. The van der Waals surface area contributed by atoms with Crippen molar-refractivity contribution in [2.45, 2.75) is 19.5 Å². The second-order valence-electron chi connectivity index (χ2n) is 9.54. The summed E-state index contributed by atoms with van der Waals surface area (Å²) in [6.45, 7) is 2.37. The van der Waals surface area contributed by atoms with Crippen LogP contribution in [0.5, 0.6) is 0 Å². The molecule has 0 fully saturated rings. The number of amides is 1. The molecule has 0 bridgehead atoms. The first-order chi connectivity index (χ1) is 19.1. The van der Waals surface area contributed by atoms with Gasteiger partial charge in [-0.2, -0.15) is 0 Å². The number of para-hydroxylation sites is 1. The van der Waals surface area contributed by atoms with Gasteiger partial charge in [-0.3, -0.25) is 9.69 Å². The van der Waals surface area contributed by atoms with Crippen molar-refractivity contribution in [3.05, 3.63) is 118 Å². The van der Waals surface area contributed by atoms with Gasteiger partial charge >= 0.3 is 5.97 Å². The fraction of sp³-hybridized carbons (Fsp3) is 0.156. The Labute approximate surface area is 230 Å². The maximum atomic E-state index is 13.8. The molecule has 6 rings (SSSR count). The van der Waals surface area contributed by atoms with Crippen LogP contribution in [0.3, 0.4) is 0 Å². The number of carbonyl (C=O) groups is 2. The third kappa shape index (κ3) is 5.06. The number of nitrogens with one attached hydrogen (secondary N) is 1. The molecule has 0 radical (unpaired) electrons. The number of ether oxygens (including phenoxy) is 1. The predicted octanol–water partition coefficient (Wildman–Crippen LogP) is 6.56. The van der Waals surface area contributed by atoms with Gasteiger partial charge in [-0.15, -0.1) is 11.3 Å². The quantitative estimate of drug-likeness (QED) is 0.250. The molecule has 0 aliphatic carbocycles. The molecule has 6 nitrogen and oxygen atoms in total. The molecule has 0 saturated heterocycles. The van der Waals surface area contributed by atoms with Crippen molar-refractivity contribution >= 4 is 39.1 Å². The molecule has 0 atom stereocenters. The Morgan fingerprint density at radius 2 is 1.69 bits per heavy atom. The Morgan fingerprint density at radius 3 is 2.46 bits per heavy atom. The molecule has 1 aliphatic rings.